The van der Waals surface area contributed by atoms with Gasteiger partial charge in [0, 0.05) is 15.8 Å². The van der Waals surface area contributed by atoms with Crippen LogP contribution in [0.15, 0.2) is 22.7 Å². The van der Waals surface area contributed by atoms with Gasteiger partial charge in [-0.1, -0.05) is 22.9 Å². The van der Waals surface area contributed by atoms with E-state index in [2.05, 4.69) is 20.9 Å². The molecule has 0 bridgehead atoms. The first-order chi connectivity index (χ1) is 8.10. The third-order valence-corrected chi connectivity index (χ3v) is 3.91. The number of nitrogens with zero attached hydrogens (tertiary/aromatic N) is 1. The monoisotopic (exact) mass is 314 g/mol. The Labute approximate surface area is 112 Å². The van der Waals surface area contributed by atoms with Crippen LogP contribution in [0.4, 0.5) is 9.52 Å². The number of aryl methyl sites for hydroxylation is 1. The second kappa shape index (κ2) is 5.14. The van der Waals surface area contributed by atoms with Crippen molar-refractivity contribution in [2.45, 2.75) is 19.8 Å². The molecule has 0 aliphatic heterocycles. The molecule has 0 spiro atoms. The van der Waals surface area contributed by atoms with Crippen LogP contribution in [0.3, 0.4) is 0 Å². The van der Waals surface area contributed by atoms with E-state index in [1.807, 2.05) is 6.92 Å². The van der Waals surface area contributed by atoms with Gasteiger partial charge in [-0.2, -0.15) is 0 Å². The molecule has 2 aromatic rings. The van der Waals surface area contributed by atoms with Crippen LogP contribution in [-0.4, -0.2) is 4.98 Å². The molecule has 2 N–H and O–H groups in total. The molecule has 90 valence electrons. The zero-order valence-corrected chi connectivity index (χ0v) is 11.7. The van der Waals surface area contributed by atoms with Gasteiger partial charge in [-0.25, -0.2) is 9.37 Å². The van der Waals surface area contributed by atoms with Crippen molar-refractivity contribution in [3.8, 4) is 0 Å². The van der Waals surface area contributed by atoms with Gasteiger partial charge in [0.05, 0.1) is 5.69 Å². The van der Waals surface area contributed by atoms with E-state index in [-0.39, 0.29) is 5.82 Å². The molecule has 0 saturated carbocycles. The minimum atomic E-state index is -0.192. The van der Waals surface area contributed by atoms with E-state index < -0.39 is 0 Å². The van der Waals surface area contributed by atoms with Crippen molar-refractivity contribution in [2.75, 3.05) is 5.73 Å². The molecule has 5 heteroatoms. The van der Waals surface area contributed by atoms with Gasteiger partial charge in [0.15, 0.2) is 5.13 Å². The molecule has 0 aliphatic rings. The van der Waals surface area contributed by atoms with Crippen molar-refractivity contribution < 1.29 is 4.39 Å². The van der Waals surface area contributed by atoms with Gasteiger partial charge in [0.2, 0.25) is 0 Å². The van der Waals surface area contributed by atoms with Crippen molar-refractivity contribution in [3.63, 3.8) is 0 Å². The smallest absolute Gasteiger partial charge is 0.180 e. The number of anilines is 1. The van der Waals surface area contributed by atoms with E-state index in [1.165, 1.54) is 17.4 Å². The fraction of sp³-hybridized carbons (Fsp3) is 0.250. The van der Waals surface area contributed by atoms with Crippen LogP contribution in [-0.2, 0) is 12.8 Å². The number of hydrogen-bond donors (Lipinski definition) is 1. The number of halogens is 2. The van der Waals surface area contributed by atoms with Gasteiger partial charge in [0.25, 0.3) is 0 Å². The third-order valence-electron chi connectivity index (χ3n) is 2.49. The first-order valence-electron chi connectivity index (χ1n) is 5.28. The maximum atomic E-state index is 13.6. The SMILES string of the molecule is CCc1nc(N)sc1Cc1cc(Br)ccc1F. The van der Waals surface area contributed by atoms with E-state index >= 15 is 0 Å². The van der Waals surface area contributed by atoms with Crippen LogP contribution in [0.5, 0.6) is 0 Å². The number of aromatic nitrogens is 1. The Hall–Kier alpha value is -0.940. The summed E-state index contributed by atoms with van der Waals surface area (Å²) in [4.78, 5) is 5.28. The summed E-state index contributed by atoms with van der Waals surface area (Å²) < 4.78 is 14.5. The van der Waals surface area contributed by atoms with Crippen molar-refractivity contribution in [1.29, 1.82) is 0 Å². The van der Waals surface area contributed by atoms with E-state index in [0.717, 1.165) is 21.5 Å². The van der Waals surface area contributed by atoms with Gasteiger partial charge >= 0.3 is 0 Å². The van der Waals surface area contributed by atoms with Gasteiger partial charge in [-0.15, -0.1) is 11.3 Å². The summed E-state index contributed by atoms with van der Waals surface area (Å²) in [6.45, 7) is 2.02. The number of hydrogen-bond acceptors (Lipinski definition) is 3. The van der Waals surface area contributed by atoms with Crippen LogP contribution in [0, 0.1) is 5.82 Å². The van der Waals surface area contributed by atoms with E-state index in [1.54, 1.807) is 12.1 Å². The first kappa shape index (κ1) is 12.5. The Morgan fingerprint density at radius 2 is 2.24 bits per heavy atom. The first-order valence-corrected chi connectivity index (χ1v) is 6.89. The molecule has 0 amide bonds. The number of nitrogen functional groups attached to an aromatic ring is 1. The Kier molecular flexibility index (Phi) is 3.79. The number of nitrogens with two attached hydrogens (primary N) is 1. The molecule has 1 aromatic heterocycles. The minimum Gasteiger partial charge on any atom is -0.375 e. The fourth-order valence-corrected chi connectivity index (χ4v) is 3.02. The molecule has 2 nitrogen and oxygen atoms in total. The zero-order valence-electron chi connectivity index (χ0n) is 9.34. The summed E-state index contributed by atoms with van der Waals surface area (Å²) in [5.74, 6) is -0.192. The summed E-state index contributed by atoms with van der Waals surface area (Å²) in [5.41, 5.74) is 7.31. The molecule has 0 radical (unpaired) electrons. The highest BCUT2D eigenvalue weighted by Gasteiger charge is 2.11. The lowest BCUT2D eigenvalue weighted by Crippen LogP contribution is -1.94. The summed E-state index contributed by atoms with van der Waals surface area (Å²) in [7, 11) is 0. The number of rotatable bonds is 3. The van der Waals surface area contributed by atoms with Crippen molar-refractivity contribution in [2.24, 2.45) is 0 Å². The lowest BCUT2D eigenvalue weighted by molar-refractivity contribution is 0.614. The predicted molar refractivity (Wildman–Crippen MR) is 72.8 cm³/mol. The van der Waals surface area contributed by atoms with Crippen molar-refractivity contribution in [3.05, 3.63) is 44.6 Å². The van der Waals surface area contributed by atoms with Gasteiger partial charge in [-0.05, 0) is 30.2 Å². The maximum absolute atomic E-state index is 13.6. The molecule has 0 aliphatic carbocycles. The van der Waals surface area contributed by atoms with E-state index in [0.29, 0.717) is 17.1 Å². The van der Waals surface area contributed by atoms with Gasteiger partial charge < -0.3 is 5.73 Å². The summed E-state index contributed by atoms with van der Waals surface area (Å²) in [5, 5.41) is 0.548. The van der Waals surface area contributed by atoms with Crippen LogP contribution < -0.4 is 5.73 Å². The standard InChI is InChI=1S/C12H12BrFN2S/c1-2-10-11(17-12(15)16-10)6-7-5-8(13)3-4-9(7)14/h3-5H,2,6H2,1H3,(H2,15,16). The molecular weight excluding hydrogens is 303 g/mol. The van der Waals surface area contributed by atoms with Crippen LogP contribution >= 0.6 is 27.3 Å². The summed E-state index contributed by atoms with van der Waals surface area (Å²) in [6, 6.07) is 4.96. The van der Waals surface area contributed by atoms with E-state index in [9.17, 15) is 4.39 Å². The number of benzene rings is 1. The molecular formula is C12H12BrFN2S. The van der Waals surface area contributed by atoms with Crippen LogP contribution in [0.1, 0.15) is 23.1 Å². The highest BCUT2D eigenvalue weighted by molar-refractivity contribution is 9.10. The van der Waals surface area contributed by atoms with Gasteiger partial charge in [-0.3, -0.25) is 0 Å². The highest BCUT2D eigenvalue weighted by atomic mass is 79.9. The Morgan fingerprint density at radius 1 is 1.47 bits per heavy atom. The largest absolute Gasteiger partial charge is 0.375 e. The molecule has 1 aromatic carbocycles. The van der Waals surface area contributed by atoms with Gasteiger partial charge in [0.1, 0.15) is 5.82 Å². The van der Waals surface area contributed by atoms with Crippen LogP contribution in [0.25, 0.3) is 0 Å². The second-order valence-corrected chi connectivity index (χ2v) is 5.72. The molecule has 0 atom stereocenters. The average Bonchev–Trinajstić information content (AvgIpc) is 2.64. The topological polar surface area (TPSA) is 38.9 Å². The Balaban J connectivity index is 2.33. The Morgan fingerprint density at radius 3 is 2.94 bits per heavy atom. The van der Waals surface area contributed by atoms with E-state index in [4.69, 9.17) is 5.73 Å². The van der Waals surface area contributed by atoms with Crippen LogP contribution in [0.2, 0.25) is 0 Å². The lowest BCUT2D eigenvalue weighted by atomic mass is 10.1. The highest BCUT2D eigenvalue weighted by Crippen LogP contribution is 2.26. The molecule has 2 rings (SSSR count). The quantitative estimate of drug-likeness (QED) is 0.936. The second-order valence-electron chi connectivity index (χ2n) is 3.69. The minimum absolute atomic E-state index is 0.192. The van der Waals surface area contributed by atoms with Crippen molar-refractivity contribution >= 4 is 32.4 Å². The number of thiazole rings is 1. The third kappa shape index (κ3) is 2.84. The zero-order chi connectivity index (χ0) is 12.4. The maximum Gasteiger partial charge on any atom is 0.180 e. The molecule has 17 heavy (non-hydrogen) atoms. The van der Waals surface area contributed by atoms with Crippen molar-refractivity contribution in [1.82, 2.24) is 4.98 Å². The normalized spacial score (nSPS) is 10.8. The fourth-order valence-electron chi connectivity index (χ4n) is 1.67. The molecule has 1 heterocycles. The summed E-state index contributed by atoms with van der Waals surface area (Å²) >= 11 is 4.78. The lowest BCUT2D eigenvalue weighted by Gasteiger charge is -2.03. The summed E-state index contributed by atoms with van der Waals surface area (Å²) in [6.07, 6.45) is 1.36. The average molecular weight is 315 g/mol. The predicted octanol–water partition coefficient (Wildman–Crippen LogP) is 3.78. The molecule has 0 unspecified atom stereocenters. The molecule has 0 saturated heterocycles. The molecule has 0 fully saturated rings. The Bertz CT molecular complexity index is 539.